The maximum Gasteiger partial charge on any atom is 0.164 e. The number of hydrogen-bond donors (Lipinski definition) is 0. The van der Waals surface area contributed by atoms with E-state index in [1.807, 2.05) is 121 Å². The molecule has 8 rings (SSSR count). The maximum atomic E-state index is 8.75. The molecule has 0 fully saturated rings. The fraction of sp³-hybridized carbons (Fsp3) is 0. The number of rotatable bonds is 5. The molecule has 0 bridgehead atoms. The molecule has 0 atom stereocenters. The lowest BCUT2D eigenvalue weighted by atomic mass is 9.95. The van der Waals surface area contributed by atoms with Gasteiger partial charge in [-0.2, -0.15) is 0 Å². The molecule has 0 N–H and O–H groups in total. The van der Waals surface area contributed by atoms with Gasteiger partial charge in [-0.1, -0.05) is 127 Å². The van der Waals surface area contributed by atoms with Gasteiger partial charge in [-0.15, -0.1) is 0 Å². The van der Waals surface area contributed by atoms with Gasteiger partial charge < -0.3 is 4.42 Å². The molecule has 43 heavy (non-hydrogen) atoms. The zero-order valence-electron chi connectivity index (χ0n) is 27.8. The van der Waals surface area contributed by atoms with Crippen LogP contribution >= 0.6 is 0 Å². The molecule has 0 spiro atoms. The normalized spacial score (nSPS) is 12.9. The fourth-order valence-electron chi connectivity index (χ4n) is 5.32. The Labute approximate surface area is 256 Å². The SMILES string of the molecule is [2H]c1c([2H])c([2H])c(-c2cc(-c3ccccc3)cc3c2oc2cc(-c4nc(-c5ccccc5)nc(-c5ccccc5)n4)ccc23)c([2H])c1[2H]. The molecule has 0 unspecified atom stereocenters. The van der Waals surface area contributed by atoms with Crippen molar-refractivity contribution in [3.63, 3.8) is 0 Å². The molecule has 2 aromatic heterocycles. The topological polar surface area (TPSA) is 51.8 Å². The van der Waals surface area contributed by atoms with Crippen molar-refractivity contribution in [2.24, 2.45) is 0 Å². The van der Waals surface area contributed by atoms with Crippen LogP contribution in [0.4, 0.5) is 0 Å². The Morgan fingerprint density at radius 2 is 1.00 bits per heavy atom. The highest BCUT2D eigenvalue weighted by Crippen LogP contribution is 2.40. The van der Waals surface area contributed by atoms with Gasteiger partial charge in [0.2, 0.25) is 0 Å². The first-order valence-corrected chi connectivity index (χ1v) is 13.9. The lowest BCUT2D eigenvalue weighted by Gasteiger charge is -2.08. The van der Waals surface area contributed by atoms with Gasteiger partial charge in [0, 0.05) is 33.0 Å². The Hall–Kier alpha value is -5.87. The lowest BCUT2D eigenvalue weighted by Crippen LogP contribution is -2.00. The molecule has 0 aliphatic heterocycles. The minimum atomic E-state index is -0.444. The Balaban J connectivity index is 1.37. The Morgan fingerprint density at radius 1 is 0.442 bits per heavy atom. The van der Waals surface area contributed by atoms with Crippen molar-refractivity contribution in [1.82, 2.24) is 15.0 Å². The smallest absolute Gasteiger partial charge is 0.164 e. The molecule has 0 radical (unpaired) electrons. The first-order valence-electron chi connectivity index (χ1n) is 16.4. The van der Waals surface area contributed by atoms with E-state index in [1.165, 1.54) is 0 Å². The van der Waals surface area contributed by atoms with E-state index < -0.39 is 18.1 Å². The van der Waals surface area contributed by atoms with Gasteiger partial charge in [-0.05, 0) is 41.0 Å². The summed E-state index contributed by atoms with van der Waals surface area (Å²) in [5.41, 5.74) is 5.65. The van der Waals surface area contributed by atoms with Crippen LogP contribution in [-0.2, 0) is 0 Å². The van der Waals surface area contributed by atoms with Crippen LogP contribution < -0.4 is 0 Å². The van der Waals surface area contributed by atoms with Gasteiger partial charge in [0.25, 0.3) is 0 Å². The van der Waals surface area contributed by atoms with Gasteiger partial charge >= 0.3 is 0 Å². The minimum absolute atomic E-state index is 0.0838. The van der Waals surface area contributed by atoms with Crippen molar-refractivity contribution in [1.29, 1.82) is 0 Å². The standard InChI is InChI=1S/C39H25N3O/c1-5-13-26(14-6-1)31-23-33(27-15-7-2-8-16-27)36-34(24-31)32-22-21-30(25-35(32)43-36)39-41-37(28-17-9-3-10-18-28)40-38(42-39)29-19-11-4-12-20-29/h1-25H/i2D,7D,8D,15D,16D. The summed E-state index contributed by atoms with van der Waals surface area (Å²) in [7, 11) is 0. The second kappa shape index (κ2) is 10.5. The van der Waals surface area contributed by atoms with Crippen LogP contribution in [0.2, 0.25) is 0 Å². The van der Waals surface area contributed by atoms with Crippen LogP contribution in [0.25, 0.3) is 78.4 Å². The number of benzene rings is 6. The van der Waals surface area contributed by atoms with E-state index in [2.05, 4.69) is 0 Å². The third-order valence-electron chi connectivity index (χ3n) is 7.41. The van der Waals surface area contributed by atoms with E-state index in [0.29, 0.717) is 39.8 Å². The van der Waals surface area contributed by atoms with Crippen LogP contribution in [-0.4, -0.2) is 15.0 Å². The summed E-state index contributed by atoms with van der Waals surface area (Å²) < 4.78 is 48.9. The van der Waals surface area contributed by atoms with Crippen molar-refractivity contribution in [2.45, 2.75) is 0 Å². The van der Waals surface area contributed by atoms with Gasteiger partial charge in [-0.25, -0.2) is 15.0 Å². The minimum Gasteiger partial charge on any atom is -0.455 e. The second-order valence-electron chi connectivity index (χ2n) is 10.1. The molecule has 0 saturated heterocycles. The average molecular weight is 557 g/mol. The summed E-state index contributed by atoms with van der Waals surface area (Å²) in [6, 6.07) is 37.0. The van der Waals surface area contributed by atoms with Crippen LogP contribution in [0.5, 0.6) is 0 Å². The zero-order valence-corrected chi connectivity index (χ0v) is 22.8. The van der Waals surface area contributed by atoms with Gasteiger partial charge in [0.1, 0.15) is 11.2 Å². The highest BCUT2D eigenvalue weighted by Gasteiger charge is 2.17. The first-order chi connectivity index (χ1) is 23.4. The zero-order chi connectivity index (χ0) is 32.9. The largest absolute Gasteiger partial charge is 0.455 e. The van der Waals surface area contributed by atoms with Crippen molar-refractivity contribution < 1.29 is 11.3 Å². The van der Waals surface area contributed by atoms with Crippen molar-refractivity contribution in [3.05, 3.63) is 152 Å². The average Bonchev–Trinajstić information content (AvgIpc) is 3.52. The van der Waals surface area contributed by atoms with Gasteiger partial charge in [-0.3, -0.25) is 0 Å². The van der Waals surface area contributed by atoms with Crippen molar-refractivity contribution in [2.75, 3.05) is 0 Å². The van der Waals surface area contributed by atoms with Gasteiger partial charge in [0.05, 0.1) is 6.85 Å². The summed E-state index contributed by atoms with van der Waals surface area (Å²) in [5, 5.41) is 1.56. The van der Waals surface area contributed by atoms with Crippen molar-refractivity contribution >= 4 is 21.9 Å². The molecule has 6 aromatic carbocycles. The molecular weight excluding hydrogens is 526 g/mol. The molecule has 0 saturated carbocycles. The lowest BCUT2D eigenvalue weighted by molar-refractivity contribution is 0.670. The van der Waals surface area contributed by atoms with Crippen molar-refractivity contribution in [3.8, 4) is 56.4 Å². The molecule has 0 aliphatic rings. The van der Waals surface area contributed by atoms with Gasteiger partial charge in [0.15, 0.2) is 17.5 Å². The summed E-state index contributed by atoms with van der Waals surface area (Å²) in [5.74, 6) is 1.56. The van der Waals surface area contributed by atoms with E-state index in [0.717, 1.165) is 33.0 Å². The number of aromatic nitrogens is 3. The highest BCUT2D eigenvalue weighted by atomic mass is 16.3. The summed E-state index contributed by atoms with van der Waals surface area (Å²) in [6.07, 6.45) is 0. The molecule has 4 heteroatoms. The summed E-state index contributed by atoms with van der Waals surface area (Å²) in [6.45, 7) is 0. The molecule has 0 amide bonds. The van der Waals surface area contributed by atoms with E-state index in [4.69, 9.17) is 26.2 Å². The second-order valence-corrected chi connectivity index (χ2v) is 10.1. The number of furan rings is 1. The highest BCUT2D eigenvalue weighted by molar-refractivity contribution is 6.12. The third kappa shape index (κ3) is 4.65. The third-order valence-corrected chi connectivity index (χ3v) is 7.41. The van der Waals surface area contributed by atoms with Crippen LogP contribution in [0.1, 0.15) is 6.85 Å². The quantitative estimate of drug-likeness (QED) is 0.212. The molecular formula is C39H25N3O. The maximum absolute atomic E-state index is 8.75. The van der Waals surface area contributed by atoms with E-state index in [9.17, 15) is 0 Å². The molecule has 0 aliphatic carbocycles. The molecule has 2 heterocycles. The Bertz CT molecular complexity index is 2420. The summed E-state index contributed by atoms with van der Waals surface area (Å²) >= 11 is 0. The molecule has 4 nitrogen and oxygen atoms in total. The van der Waals surface area contributed by atoms with E-state index in [1.54, 1.807) is 0 Å². The molecule has 8 aromatic rings. The predicted octanol–water partition coefficient (Wildman–Crippen LogP) is 10.1. The van der Waals surface area contributed by atoms with Crippen LogP contribution in [0.15, 0.2) is 156 Å². The Kier molecular flexibility index (Phi) is 4.91. The fourth-order valence-corrected chi connectivity index (χ4v) is 5.32. The number of hydrogen-bond acceptors (Lipinski definition) is 4. The monoisotopic (exact) mass is 556 g/mol. The van der Waals surface area contributed by atoms with E-state index in [-0.39, 0.29) is 17.6 Å². The predicted molar refractivity (Wildman–Crippen MR) is 174 cm³/mol. The summed E-state index contributed by atoms with van der Waals surface area (Å²) in [4.78, 5) is 14.5. The Morgan fingerprint density at radius 3 is 1.60 bits per heavy atom. The van der Waals surface area contributed by atoms with Crippen LogP contribution in [0.3, 0.4) is 0 Å². The van der Waals surface area contributed by atoms with E-state index >= 15 is 0 Å². The number of nitrogens with zero attached hydrogens (tertiary/aromatic N) is 3. The van der Waals surface area contributed by atoms with Crippen LogP contribution in [0, 0.1) is 0 Å². The first kappa shape index (κ1) is 20.1. The molecule has 202 valence electrons. The number of fused-ring (bicyclic) bond motifs is 3.